The van der Waals surface area contributed by atoms with Gasteiger partial charge in [0.2, 0.25) is 5.91 Å². The maximum Gasteiger partial charge on any atom is 0.219 e. The van der Waals surface area contributed by atoms with Crippen LogP contribution in [0.15, 0.2) is 30.3 Å². The quantitative estimate of drug-likeness (QED) is 0.913. The van der Waals surface area contributed by atoms with Crippen LogP contribution in [0.25, 0.3) is 0 Å². The fourth-order valence-electron chi connectivity index (χ4n) is 3.13. The number of benzene rings is 1. The molecule has 1 saturated carbocycles. The van der Waals surface area contributed by atoms with Crippen LogP contribution in [0.1, 0.15) is 37.7 Å². The van der Waals surface area contributed by atoms with Gasteiger partial charge in [0.15, 0.2) is 0 Å². The van der Waals surface area contributed by atoms with E-state index in [2.05, 4.69) is 35.6 Å². The fourth-order valence-corrected chi connectivity index (χ4v) is 3.13. The Morgan fingerprint density at radius 1 is 1.25 bits per heavy atom. The van der Waals surface area contributed by atoms with E-state index in [1.165, 1.54) is 18.4 Å². The molecule has 1 aliphatic heterocycles. The molecule has 1 aromatic carbocycles. The molecule has 108 valence electrons. The van der Waals surface area contributed by atoms with Gasteiger partial charge in [-0.3, -0.25) is 4.79 Å². The van der Waals surface area contributed by atoms with Crippen molar-refractivity contribution in [2.75, 3.05) is 19.6 Å². The summed E-state index contributed by atoms with van der Waals surface area (Å²) < 4.78 is 0. The topological polar surface area (TPSA) is 32.3 Å². The molecule has 1 saturated heterocycles. The van der Waals surface area contributed by atoms with Crippen LogP contribution in [0.5, 0.6) is 0 Å². The molecule has 1 aromatic rings. The largest absolute Gasteiger partial charge is 0.341 e. The standard InChI is InChI=1S/C17H24N2O/c1-13(20)19-11-16(15-5-3-2-4-6-15)9-17(12-19)18-10-14-7-8-14/h2-6,14,16-18H,7-12H2,1H3. The second kappa shape index (κ2) is 5.96. The van der Waals surface area contributed by atoms with E-state index in [9.17, 15) is 4.79 Å². The number of piperidine rings is 1. The highest BCUT2D eigenvalue weighted by molar-refractivity contribution is 5.73. The zero-order valence-electron chi connectivity index (χ0n) is 12.2. The lowest BCUT2D eigenvalue weighted by atomic mass is 9.88. The van der Waals surface area contributed by atoms with Gasteiger partial charge in [0, 0.05) is 32.0 Å². The Bertz CT molecular complexity index is 455. The molecule has 0 bridgehead atoms. The second-order valence-electron chi connectivity index (χ2n) is 6.32. The van der Waals surface area contributed by atoms with Gasteiger partial charge in [0.05, 0.1) is 0 Å². The van der Waals surface area contributed by atoms with Crippen LogP contribution in [0.2, 0.25) is 0 Å². The Hall–Kier alpha value is -1.35. The molecule has 3 rings (SSSR count). The summed E-state index contributed by atoms with van der Waals surface area (Å²) in [4.78, 5) is 13.8. The van der Waals surface area contributed by atoms with Crippen LogP contribution in [0.3, 0.4) is 0 Å². The Labute approximate surface area is 121 Å². The minimum Gasteiger partial charge on any atom is -0.341 e. The molecule has 0 spiro atoms. The zero-order valence-corrected chi connectivity index (χ0v) is 12.2. The molecule has 2 aliphatic rings. The van der Waals surface area contributed by atoms with Crippen molar-refractivity contribution in [3.05, 3.63) is 35.9 Å². The third-order valence-corrected chi connectivity index (χ3v) is 4.56. The van der Waals surface area contributed by atoms with Gasteiger partial charge >= 0.3 is 0 Å². The Morgan fingerprint density at radius 2 is 2.00 bits per heavy atom. The van der Waals surface area contributed by atoms with Gasteiger partial charge in [-0.25, -0.2) is 0 Å². The van der Waals surface area contributed by atoms with E-state index in [1.54, 1.807) is 6.92 Å². The highest BCUT2D eigenvalue weighted by Crippen LogP contribution is 2.30. The summed E-state index contributed by atoms with van der Waals surface area (Å²) in [7, 11) is 0. The lowest BCUT2D eigenvalue weighted by molar-refractivity contribution is -0.130. The highest BCUT2D eigenvalue weighted by Gasteiger charge is 2.30. The third-order valence-electron chi connectivity index (χ3n) is 4.56. The van der Waals surface area contributed by atoms with Crippen LogP contribution in [-0.4, -0.2) is 36.5 Å². The van der Waals surface area contributed by atoms with Gasteiger partial charge in [-0.15, -0.1) is 0 Å². The summed E-state index contributed by atoms with van der Waals surface area (Å²) >= 11 is 0. The minimum atomic E-state index is 0.198. The van der Waals surface area contributed by atoms with Gasteiger partial charge in [0.1, 0.15) is 0 Å². The summed E-state index contributed by atoms with van der Waals surface area (Å²) in [6.07, 6.45) is 3.89. The molecule has 1 N–H and O–H groups in total. The first-order chi connectivity index (χ1) is 9.72. The van der Waals surface area contributed by atoms with Gasteiger partial charge < -0.3 is 10.2 Å². The number of rotatable bonds is 4. The van der Waals surface area contributed by atoms with E-state index in [-0.39, 0.29) is 5.91 Å². The molecule has 3 nitrogen and oxygen atoms in total. The van der Waals surface area contributed by atoms with Crippen LogP contribution >= 0.6 is 0 Å². The zero-order chi connectivity index (χ0) is 13.9. The lowest BCUT2D eigenvalue weighted by Gasteiger charge is -2.38. The maximum atomic E-state index is 11.8. The first-order valence-corrected chi connectivity index (χ1v) is 7.76. The average Bonchev–Trinajstić information content (AvgIpc) is 3.30. The van der Waals surface area contributed by atoms with E-state index in [0.717, 1.165) is 32.0 Å². The summed E-state index contributed by atoms with van der Waals surface area (Å²) in [5.74, 6) is 1.55. The molecule has 1 amide bonds. The smallest absolute Gasteiger partial charge is 0.219 e. The van der Waals surface area contributed by atoms with Crippen molar-refractivity contribution in [1.29, 1.82) is 0 Å². The Kier molecular flexibility index (Phi) is 4.06. The molecule has 2 unspecified atom stereocenters. The molecule has 20 heavy (non-hydrogen) atoms. The van der Waals surface area contributed by atoms with Crippen LogP contribution < -0.4 is 5.32 Å². The molecule has 3 heteroatoms. The highest BCUT2D eigenvalue weighted by atomic mass is 16.2. The average molecular weight is 272 g/mol. The molecule has 0 radical (unpaired) electrons. The number of likely N-dealkylation sites (tertiary alicyclic amines) is 1. The number of carbonyl (C=O) groups excluding carboxylic acids is 1. The molecule has 1 heterocycles. The number of nitrogens with one attached hydrogen (secondary N) is 1. The van der Waals surface area contributed by atoms with Gasteiger partial charge in [-0.05, 0) is 37.3 Å². The van der Waals surface area contributed by atoms with E-state index in [4.69, 9.17) is 0 Å². The molecular weight excluding hydrogens is 248 g/mol. The van der Waals surface area contributed by atoms with E-state index in [0.29, 0.717) is 12.0 Å². The predicted octanol–water partition coefficient (Wildman–Crippen LogP) is 2.39. The van der Waals surface area contributed by atoms with Gasteiger partial charge in [0.25, 0.3) is 0 Å². The minimum absolute atomic E-state index is 0.198. The summed E-state index contributed by atoms with van der Waals surface area (Å²) in [5, 5.41) is 3.67. The number of amides is 1. The lowest BCUT2D eigenvalue weighted by Crippen LogP contribution is -2.50. The van der Waals surface area contributed by atoms with E-state index in [1.807, 2.05) is 4.90 Å². The van der Waals surface area contributed by atoms with Crippen molar-refractivity contribution in [3.63, 3.8) is 0 Å². The monoisotopic (exact) mass is 272 g/mol. The summed E-state index contributed by atoms with van der Waals surface area (Å²) in [5.41, 5.74) is 1.36. The van der Waals surface area contributed by atoms with Crippen molar-refractivity contribution in [3.8, 4) is 0 Å². The van der Waals surface area contributed by atoms with Crippen LogP contribution in [0.4, 0.5) is 0 Å². The van der Waals surface area contributed by atoms with Crippen molar-refractivity contribution in [2.24, 2.45) is 5.92 Å². The first kappa shape index (κ1) is 13.6. The van der Waals surface area contributed by atoms with Gasteiger partial charge in [-0.1, -0.05) is 30.3 Å². The first-order valence-electron chi connectivity index (χ1n) is 7.76. The SMILES string of the molecule is CC(=O)N1CC(NCC2CC2)CC(c2ccccc2)C1. The normalized spacial score (nSPS) is 26.6. The van der Waals surface area contributed by atoms with Crippen LogP contribution in [0, 0.1) is 5.92 Å². The fraction of sp³-hybridized carbons (Fsp3) is 0.588. The Morgan fingerprint density at radius 3 is 2.65 bits per heavy atom. The molecule has 1 aliphatic carbocycles. The number of nitrogens with zero attached hydrogens (tertiary/aromatic N) is 1. The summed E-state index contributed by atoms with van der Waals surface area (Å²) in [6, 6.07) is 11.1. The van der Waals surface area contributed by atoms with Crippen molar-refractivity contribution >= 4 is 5.91 Å². The van der Waals surface area contributed by atoms with E-state index < -0.39 is 0 Å². The third kappa shape index (κ3) is 3.40. The number of carbonyl (C=O) groups is 1. The van der Waals surface area contributed by atoms with Gasteiger partial charge in [-0.2, -0.15) is 0 Å². The number of hydrogen-bond acceptors (Lipinski definition) is 2. The van der Waals surface area contributed by atoms with Crippen molar-refractivity contribution in [1.82, 2.24) is 10.2 Å². The second-order valence-corrected chi connectivity index (χ2v) is 6.32. The predicted molar refractivity (Wildman–Crippen MR) is 80.6 cm³/mol. The maximum absolute atomic E-state index is 11.8. The Balaban J connectivity index is 1.67. The van der Waals surface area contributed by atoms with E-state index >= 15 is 0 Å². The number of hydrogen-bond donors (Lipinski definition) is 1. The molecule has 2 atom stereocenters. The molecule has 2 fully saturated rings. The summed E-state index contributed by atoms with van der Waals surface area (Å²) in [6.45, 7) is 4.54. The molecule has 0 aromatic heterocycles. The molecular formula is C17H24N2O. The van der Waals surface area contributed by atoms with Crippen molar-refractivity contribution in [2.45, 2.75) is 38.1 Å². The van der Waals surface area contributed by atoms with Crippen LogP contribution in [-0.2, 0) is 4.79 Å². The van der Waals surface area contributed by atoms with Crippen molar-refractivity contribution < 1.29 is 4.79 Å².